The molecular formula is C16H26ClN3O2. The van der Waals surface area contributed by atoms with Crippen LogP contribution in [0.3, 0.4) is 0 Å². The molecule has 22 heavy (non-hydrogen) atoms. The van der Waals surface area contributed by atoms with Crippen LogP contribution in [0.5, 0.6) is 5.75 Å². The molecule has 0 aliphatic carbocycles. The van der Waals surface area contributed by atoms with E-state index in [1.165, 1.54) is 0 Å². The predicted octanol–water partition coefficient (Wildman–Crippen LogP) is 2.70. The zero-order chi connectivity index (χ0) is 16.0. The average Bonchev–Trinajstić information content (AvgIpc) is 2.53. The van der Waals surface area contributed by atoms with Crippen LogP contribution < -0.4 is 15.4 Å². The lowest BCUT2D eigenvalue weighted by Gasteiger charge is -2.12. The molecule has 6 heteroatoms. The van der Waals surface area contributed by atoms with E-state index >= 15 is 0 Å². The van der Waals surface area contributed by atoms with Crippen molar-refractivity contribution in [2.45, 2.75) is 20.3 Å². The molecule has 0 aliphatic heterocycles. The lowest BCUT2D eigenvalue weighted by atomic mass is 10.3. The number of nitrogens with one attached hydrogen (secondary N) is 2. The van der Waals surface area contributed by atoms with Gasteiger partial charge in [0.2, 0.25) is 0 Å². The highest BCUT2D eigenvalue weighted by Crippen LogP contribution is 2.14. The molecule has 0 atom stereocenters. The minimum absolute atomic E-state index is 0.561. The standard InChI is InChI=1S/C16H26ClN3O2/c1-3-18-16(19-10-5-12-21-4-2)20-11-13-22-15-8-6-14(17)7-9-15/h6-9H,3-5,10-13H2,1-2H3,(H2,18,19,20). The zero-order valence-electron chi connectivity index (χ0n) is 13.4. The van der Waals surface area contributed by atoms with Gasteiger partial charge in [-0.25, -0.2) is 0 Å². The molecule has 1 aromatic carbocycles. The van der Waals surface area contributed by atoms with E-state index < -0.39 is 0 Å². The molecule has 1 aromatic rings. The second-order valence-corrected chi connectivity index (χ2v) is 4.98. The van der Waals surface area contributed by atoms with Crippen LogP contribution in [-0.2, 0) is 4.74 Å². The van der Waals surface area contributed by atoms with Gasteiger partial charge in [0.15, 0.2) is 5.96 Å². The second kappa shape index (κ2) is 12.1. The minimum Gasteiger partial charge on any atom is -0.492 e. The van der Waals surface area contributed by atoms with E-state index in [1.807, 2.05) is 38.1 Å². The largest absolute Gasteiger partial charge is 0.492 e. The summed E-state index contributed by atoms with van der Waals surface area (Å²) in [4.78, 5) is 4.48. The van der Waals surface area contributed by atoms with Crippen LogP contribution in [0.1, 0.15) is 20.3 Å². The highest BCUT2D eigenvalue weighted by atomic mass is 35.5. The van der Waals surface area contributed by atoms with E-state index in [9.17, 15) is 0 Å². The van der Waals surface area contributed by atoms with E-state index in [-0.39, 0.29) is 0 Å². The second-order valence-electron chi connectivity index (χ2n) is 4.54. The van der Waals surface area contributed by atoms with Crippen molar-refractivity contribution in [1.29, 1.82) is 0 Å². The van der Waals surface area contributed by atoms with Gasteiger partial charge in [0.25, 0.3) is 0 Å². The Morgan fingerprint density at radius 2 is 1.91 bits per heavy atom. The summed E-state index contributed by atoms with van der Waals surface area (Å²) in [6, 6.07) is 7.34. The fourth-order valence-electron chi connectivity index (χ4n) is 1.71. The van der Waals surface area contributed by atoms with Gasteiger partial charge in [0.05, 0.1) is 6.54 Å². The maximum Gasteiger partial charge on any atom is 0.191 e. The summed E-state index contributed by atoms with van der Waals surface area (Å²) in [6.07, 6.45) is 0.922. The number of hydrogen-bond acceptors (Lipinski definition) is 3. The van der Waals surface area contributed by atoms with Crippen LogP contribution in [-0.4, -0.2) is 45.4 Å². The first kappa shape index (κ1) is 18.6. The molecule has 1 rings (SSSR count). The topological polar surface area (TPSA) is 54.9 Å². The number of hydrogen-bond donors (Lipinski definition) is 2. The molecule has 0 aliphatic rings. The van der Waals surface area contributed by atoms with E-state index in [0.717, 1.165) is 44.4 Å². The number of rotatable bonds is 10. The molecule has 0 heterocycles. The van der Waals surface area contributed by atoms with Crippen LogP contribution in [0.4, 0.5) is 0 Å². The van der Waals surface area contributed by atoms with Gasteiger partial charge in [0.1, 0.15) is 12.4 Å². The van der Waals surface area contributed by atoms with E-state index in [1.54, 1.807) is 0 Å². The van der Waals surface area contributed by atoms with Crippen molar-refractivity contribution < 1.29 is 9.47 Å². The Morgan fingerprint density at radius 1 is 1.14 bits per heavy atom. The van der Waals surface area contributed by atoms with Crippen molar-refractivity contribution in [2.75, 3.05) is 39.5 Å². The van der Waals surface area contributed by atoms with E-state index in [0.29, 0.717) is 18.2 Å². The summed E-state index contributed by atoms with van der Waals surface area (Å²) in [5.74, 6) is 1.61. The Bertz CT molecular complexity index is 424. The molecule has 2 N–H and O–H groups in total. The molecular weight excluding hydrogens is 302 g/mol. The van der Waals surface area contributed by atoms with Gasteiger partial charge in [-0.15, -0.1) is 0 Å². The van der Waals surface area contributed by atoms with Crippen molar-refractivity contribution in [1.82, 2.24) is 10.6 Å². The first-order chi connectivity index (χ1) is 10.8. The van der Waals surface area contributed by atoms with Gasteiger partial charge < -0.3 is 20.1 Å². The predicted molar refractivity (Wildman–Crippen MR) is 92.0 cm³/mol. The van der Waals surface area contributed by atoms with Gasteiger partial charge >= 0.3 is 0 Å². The summed E-state index contributed by atoms with van der Waals surface area (Å²) in [5.41, 5.74) is 0. The van der Waals surface area contributed by atoms with Gasteiger partial charge in [-0.3, -0.25) is 4.99 Å². The van der Waals surface area contributed by atoms with Crippen LogP contribution >= 0.6 is 11.6 Å². The van der Waals surface area contributed by atoms with Crippen molar-refractivity contribution in [3.8, 4) is 5.75 Å². The molecule has 124 valence electrons. The van der Waals surface area contributed by atoms with Gasteiger partial charge in [-0.2, -0.15) is 0 Å². The first-order valence-electron chi connectivity index (χ1n) is 7.74. The molecule has 0 saturated carbocycles. The smallest absolute Gasteiger partial charge is 0.191 e. The number of ether oxygens (including phenoxy) is 2. The summed E-state index contributed by atoms with van der Waals surface area (Å²) in [5, 5.41) is 7.15. The SMILES string of the molecule is CCNC(=NCCCOCC)NCCOc1ccc(Cl)cc1. The third-order valence-corrected chi connectivity index (χ3v) is 2.99. The van der Waals surface area contributed by atoms with E-state index in [2.05, 4.69) is 15.6 Å². The number of halogens is 1. The van der Waals surface area contributed by atoms with E-state index in [4.69, 9.17) is 21.1 Å². The molecule has 0 fully saturated rings. The Balaban J connectivity index is 2.22. The third-order valence-electron chi connectivity index (χ3n) is 2.74. The highest BCUT2D eigenvalue weighted by Gasteiger charge is 1.98. The fraction of sp³-hybridized carbons (Fsp3) is 0.562. The molecule has 0 spiro atoms. The number of guanidine groups is 1. The first-order valence-corrected chi connectivity index (χ1v) is 8.12. The minimum atomic E-state index is 0.561. The zero-order valence-corrected chi connectivity index (χ0v) is 14.2. The van der Waals surface area contributed by atoms with Crippen LogP contribution in [0.2, 0.25) is 5.02 Å². The quantitative estimate of drug-likeness (QED) is 0.394. The molecule has 0 bridgehead atoms. The molecule has 0 amide bonds. The molecule has 0 saturated heterocycles. The number of aliphatic imine (C=N–C) groups is 1. The normalized spacial score (nSPS) is 11.3. The molecule has 0 aromatic heterocycles. The fourth-order valence-corrected chi connectivity index (χ4v) is 1.84. The van der Waals surface area contributed by atoms with Gasteiger partial charge in [0, 0.05) is 31.3 Å². The third kappa shape index (κ3) is 8.74. The highest BCUT2D eigenvalue weighted by molar-refractivity contribution is 6.30. The van der Waals surface area contributed by atoms with Crippen molar-refractivity contribution in [3.63, 3.8) is 0 Å². The maximum atomic E-state index is 5.83. The summed E-state index contributed by atoms with van der Waals surface area (Å²) in [6.45, 7) is 8.36. The van der Waals surface area contributed by atoms with Gasteiger partial charge in [-0.05, 0) is 44.5 Å². The van der Waals surface area contributed by atoms with Crippen LogP contribution in [0.15, 0.2) is 29.3 Å². The molecule has 0 unspecified atom stereocenters. The Kier molecular flexibility index (Phi) is 10.2. The van der Waals surface area contributed by atoms with Crippen molar-refractivity contribution >= 4 is 17.6 Å². The summed E-state index contributed by atoms with van der Waals surface area (Å²) >= 11 is 5.83. The van der Waals surface area contributed by atoms with Crippen LogP contribution in [0, 0.1) is 0 Å². The average molecular weight is 328 g/mol. The summed E-state index contributed by atoms with van der Waals surface area (Å²) < 4.78 is 10.9. The Labute approximate surface area is 138 Å². The van der Waals surface area contributed by atoms with Crippen LogP contribution in [0.25, 0.3) is 0 Å². The van der Waals surface area contributed by atoms with Crippen molar-refractivity contribution in [3.05, 3.63) is 29.3 Å². The molecule has 5 nitrogen and oxygen atoms in total. The Morgan fingerprint density at radius 3 is 2.59 bits per heavy atom. The Hall–Kier alpha value is -1.46. The monoisotopic (exact) mass is 327 g/mol. The molecule has 0 radical (unpaired) electrons. The lowest BCUT2D eigenvalue weighted by molar-refractivity contribution is 0.146. The van der Waals surface area contributed by atoms with Gasteiger partial charge in [-0.1, -0.05) is 11.6 Å². The van der Waals surface area contributed by atoms with Crippen molar-refractivity contribution in [2.24, 2.45) is 4.99 Å². The number of nitrogens with zero attached hydrogens (tertiary/aromatic N) is 1. The summed E-state index contributed by atoms with van der Waals surface area (Å²) in [7, 11) is 0. The number of benzene rings is 1. The maximum absolute atomic E-state index is 5.83. The lowest BCUT2D eigenvalue weighted by Crippen LogP contribution is -2.39.